The van der Waals surface area contributed by atoms with Crippen molar-refractivity contribution in [2.24, 2.45) is 0 Å². The van der Waals surface area contributed by atoms with Crippen molar-refractivity contribution in [3.8, 4) is 0 Å². The van der Waals surface area contributed by atoms with E-state index in [0.717, 1.165) is 0 Å². The van der Waals surface area contributed by atoms with E-state index >= 15 is 0 Å². The largest absolute Gasteiger partial charge is 0.503 e. The molecule has 0 aromatic heterocycles. The smallest absolute Gasteiger partial charge is 0.450 e. The molecule has 0 fully saturated rings. The topological polar surface area (TPSA) is 57.5 Å². The molecule has 60 valence electrons. The molecule has 0 saturated carbocycles. The van der Waals surface area contributed by atoms with Crippen molar-refractivity contribution in [2.75, 3.05) is 0 Å². The molecule has 0 spiro atoms. The van der Waals surface area contributed by atoms with Crippen molar-refractivity contribution in [1.29, 1.82) is 0 Å². The van der Waals surface area contributed by atoms with Crippen LogP contribution in [0.25, 0.3) is 0 Å². The second-order valence-electron chi connectivity index (χ2n) is 1.08. The molecule has 10 heavy (non-hydrogen) atoms. The molecule has 0 rings (SSSR count). The van der Waals surface area contributed by atoms with Crippen LogP contribution in [0.4, 0.5) is 18.0 Å². The average molecular weight is 158 g/mol. The van der Waals surface area contributed by atoms with Crippen molar-refractivity contribution >= 4 is 6.16 Å². The van der Waals surface area contributed by atoms with Gasteiger partial charge in [-0.15, -0.1) is 0 Å². The summed E-state index contributed by atoms with van der Waals surface area (Å²) in [6.45, 7) is 0.704. The minimum atomic E-state index is -2.24. The fraction of sp³-hybridized carbons (Fsp3) is 0.250. The van der Waals surface area contributed by atoms with Crippen LogP contribution < -0.4 is 0 Å². The number of hydrogen-bond donors (Lipinski definition) is 2. The quantitative estimate of drug-likeness (QED) is 0.568. The fourth-order valence-corrected chi connectivity index (χ4v) is 0. The van der Waals surface area contributed by atoms with E-state index < -0.39 is 18.1 Å². The Morgan fingerprint density at radius 1 is 1.20 bits per heavy atom. The second-order valence-corrected chi connectivity index (χ2v) is 1.08. The average Bonchev–Trinajstić information content (AvgIpc) is 1.63. The van der Waals surface area contributed by atoms with E-state index in [1.165, 1.54) is 0 Å². The van der Waals surface area contributed by atoms with Crippen LogP contribution in [0.15, 0.2) is 11.9 Å². The molecule has 0 heterocycles. The number of carboxylic acid groups (broad SMARTS) is 2. The highest BCUT2D eigenvalue weighted by Crippen LogP contribution is 2.05. The van der Waals surface area contributed by atoms with Crippen LogP contribution in [0.1, 0.15) is 6.92 Å². The standard InChI is InChI=1S/C3H3F3.CH2O3/c1-2(4)3(5)6;2-1(3)4/h1H3;(H2,2,3,4). The maximum absolute atomic E-state index is 11.0. The lowest BCUT2D eigenvalue weighted by atomic mass is 10.7. The Bertz CT molecular complexity index is 121. The maximum atomic E-state index is 11.0. The van der Waals surface area contributed by atoms with Gasteiger partial charge in [0.25, 0.3) is 0 Å². The first kappa shape index (κ1) is 11.6. The first-order valence-electron chi connectivity index (χ1n) is 1.97. The Morgan fingerprint density at radius 2 is 1.30 bits per heavy atom. The monoisotopic (exact) mass is 158 g/mol. The van der Waals surface area contributed by atoms with E-state index in [9.17, 15) is 13.2 Å². The van der Waals surface area contributed by atoms with E-state index in [2.05, 4.69) is 0 Å². The minimum absolute atomic E-state index is 0.704. The van der Waals surface area contributed by atoms with Gasteiger partial charge in [0.15, 0.2) is 5.83 Å². The number of allylic oxidation sites excluding steroid dienone is 1. The highest BCUT2D eigenvalue weighted by atomic mass is 19.3. The Hall–Kier alpha value is -1.20. The first-order chi connectivity index (χ1) is 4.37. The van der Waals surface area contributed by atoms with Crippen LogP contribution in [0.2, 0.25) is 0 Å². The second kappa shape index (κ2) is 5.93. The molecule has 0 unspecified atom stereocenters. The molecule has 0 aromatic carbocycles. The van der Waals surface area contributed by atoms with Gasteiger partial charge >= 0.3 is 12.2 Å². The predicted octanol–water partition coefficient (Wildman–Crippen LogP) is 2.31. The SMILES string of the molecule is CC(F)=C(F)F.O=C(O)O. The first-order valence-corrected chi connectivity index (χ1v) is 1.97. The molecule has 0 aliphatic heterocycles. The summed E-state index contributed by atoms with van der Waals surface area (Å²) in [5, 5.41) is 13.9. The summed E-state index contributed by atoms with van der Waals surface area (Å²) in [4.78, 5) is 8.56. The number of hydrogen-bond acceptors (Lipinski definition) is 1. The van der Waals surface area contributed by atoms with E-state index in [1.807, 2.05) is 0 Å². The summed E-state index contributed by atoms with van der Waals surface area (Å²) in [6, 6.07) is 0. The van der Waals surface area contributed by atoms with Crippen LogP contribution in [0.5, 0.6) is 0 Å². The summed E-state index contributed by atoms with van der Waals surface area (Å²) in [5.74, 6) is -1.41. The van der Waals surface area contributed by atoms with Crippen molar-refractivity contribution < 1.29 is 28.2 Å². The summed E-state index contributed by atoms with van der Waals surface area (Å²) in [7, 11) is 0. The minimum Gasteiger partial charge on any atom is -0.450 e. The number of carbonyl (C=O) groups is 1. The van der Waals surface area contributed by atoms with Crippen molar-refractivity contribution in [1.82, 2.24) is 0 Å². The van der Waals surface area contributed by atoms with Crippen molar-refractivity contribution in [3.05, 3.63) is 11.9 Å². The van der Waals surface area contributed by atoms with Crippen LogP contribution in [0.3, 0.4) is 0 Å². The van der Waals surface area contributed by atoms with Gasteiger partial charge in [-0.1, -0.05) is 0 Å². The van der Waals surface area contributed by atoms with Gasteiger partial charge in [-0.25, -0.2) is 9.18 Å². The molecule has 0 aliphatic rings. The van der Waals surface area contributed by atoms with E-state index in [4.69, 9.17) is 15.0 Å². The normalized spacial score (nSPS) is 7.20. The lowest BCUT2D eigenvalue weighted by Crippen LogP contribution is -1.81. The molecular formula is C4H5F3O3. The van der Waals surface area contributed by atoms with Gasteiger partial charge in [-0.2, -0.15) is 8.78 Å². The molecule has 3 nitrogen and oxygen atoms in total. The van der Waals surface area contributed by atoms with Gasteiger partial charge in [-0.05, 0) is 6.92 Å². The highest BCUT2D eigenvalue weighted by Gasteiger charge is 1.92. The summed E-state index contributed by atoms with van der Waals surface area (Å²) >= 11 is 0. The third-order valence-electron chi connectivity index (χ3n) is 0.260. The number of halogens is 3. The van der Waals surface area contributed by atoms with E-state index in [0.29, 0.717) is 6.92 Å². The Morgan fingerprint density at radius 3 is 1.30 bits per heavy atom. The molecule has 0 aliphatic carbocycles. The number of rotatable bonds is 0. The molecule has 0 amide bonds. The van der Waals surface area contributed by atoms with Crippen molar-refractivity contribution in [3.63, 3.8) is 0 Å². The van der Waals surface area contributed by atoms with Crippen LogP contribution in [-0.4, -0.2) is 16.4 Å². The summed E-state index contributed by atoms with van der Waals surface area (Å²) in [6.07, 6.45) is -4.07. The molecule has 0 bridgehead atoms. The highest BCUT2D eigenvalue weighted by molar-refractivity contribution is 5.53. The van der Waals surface area contributed by atoms with Crippen LogP contribution in [0, 0.1) is 0 Å². The zero-order valence-electron chi connectivity index (χ0n) is 4.94. The molecular weight excluding hydrogens is 153 g/mol. The van der Waals surface area contributed by atoms with Crippen LogP contribution >= 0.6 is 0 Å². The molecule has 0 atom stereocenters. The zero-order chi connectivity index (χ0) is 8.73. The maximum Gasteiger partial charge on any atom is 0.503 e. The van der Waals surface area contributed by atoms with Crippen LogP contribution in [-0.2, 0) is 0 Å². The molecule has 2 N–H and O–H groups in total. The molecule has 6 heteroatoms. The van der Waals surface area contributed by atoms with Gasteiger partial charge in [0.1, 0.15) is 0 Å². The Balaban J connectivity index is 0. The Kier molecular flexibility index (Phi) is 6.86. The summed E-state index contributed by atoms with van der Waals surface area (Å²) < 4.78 is 32.3. The van der Waals surface area contributed by atoms with E-state index in [1.54, 1.807) is 0 Å². The van der Waals surface area contributed by atoms with Gasteiger partial charge in [-0.3, -0.25) is 0 Å². The van der Waals surface area contributed by atoms with Gasteiger partial charge in [0, 0.05) is 0 Å². The predicted molar refractivity (Wildman–Crippen MR) is 26.7 cm³/mol. The molecule has 0 aromatic rings. The molecule has 0 radical (unpaired) electrons. The van der Waals surface area contributed by atoms with Gasteiger partial charge in [0.05, 0.1) is 0 Å². The Labute approximate surface area is 54.4 Å². The molecule has 0 saturated heterocycles. The third kappa shape index (κ3) is 29.2. The lowest BCUT2D eigenvalue weighted by molar-refractivity contribution is 0.137. The fourth-order valence-electron chi connectivity index (χ4n) is 0. The lowest BCUT2D eigenvalue weighted by Gasteiger charge is -1.73. The zero-order valence-corrected chi connectivity index (χ0v) is 4.94. The van der Waals surface area contributed by atoms with E-state index in [-0.39, 0.29) is 0 Å². The third-order valence-corrected chi connectivity index (χ3v) is 0.260. The van der Waals surface area contributed by atoms with Gasteiger partial charge < -0.3 is 10.2 Å². The van der Waals surface area contributed by atoms with Crippen molar-refractivity contribution in [2.45, 2.75) is 6.92 Å². The summed E-state index contributed by atoms with van der Waals surface area (Å²) in [5.41, 5.74) is 0. The van der Waals surface area contributed by atoms with Gasteiger partial charge in [0.2, 0.25) is 0 Å².